The van der Waals surface area contributed by atoms with Crippen molar-refractivity contribution in [1.29, 1.82) is 0 Å². The van der Waals surface area contributed by atoms with Gasteiger partial charge in [-0.3, -0.25) is 4.79 Å². The summed E-state index contributed by atoms with van der Waals surface area (Å²) in [5, 5.41) is 12.8. The van der Waals surface area contributed by atoms with Gasteiger partial charge in [0.1, 0.15) is 18.0 Å². The van der Waals surface area contributed by atoms with Crippen LogP contribution in [-0.2, 0) is 9.53 Å². The highest BCUT2D eigenvalue weighted by atomic mass is 16.5. The van der Waals surface area contributed by atoms with E-state index < -0.39 is 0 Å². The summed E-state index contributed by atoms with van der Waals surface area (Å²) in [7, 11) is 0. The molecule has 2 fully saturated rings. The molecule has 0 saturated carbocycles. The summed E-state index contributed by atoms with van der Waals surface area (Å²) in [6.07, 6.45) is 0.912. The van der Waals surface area contributed by atoms with E-state index in [0.29, 0.717) is 6.54 Å². The highest BCUT2D eigenvalue weighted by molar-refractivity contribution is 5.95. The maximum Gasteiger partial charge on any atom is 0.253 e. The number of hydrogen-bond acceptors (Lipinski definition) is 4. The lowest BCUT2D eigenvalue weighted by Gasteiger charge is -2.39. The number of carbonyl (C=O) groups excluding carboxylic acids is 1. The first-order valence-corrected chi connectivity index (χ1v) is 6.13. The van der Waals surface area contributed by atoms with Crippen LogP contribution in [0.2, 0.25) is 0 Å². The smallest absolute Gasteiger partial charge is 0.253 e. The van der Waals surface area contributed by atoms with Crippen molar-refractivity contribution in [2.75, 3.05) is 31.1 Å². The molecule has 18 heavy (non-hydrogen) atoms. The molecule has 5 heteroatoms. The van der Waals surface area contributed by atoms with E-state index in [1.165, 1.54) is 0 Å². The maximum atomic E-state index is 11.9. The van der Waals surface area contributed by atoms with Gasteiger partial charge in [0.2, 0.25) is 0 Å². The van der Waals surface area contributed by atoms with E-state index in [-0.39, 0.29) is 23.9 Å². The zero-order valence-corrected chi connectivity index (χ0v) is 10.1. The van der Waals surface area contributed by atoms with Gasteiger partial charge < -0.3 is 20.1 Å². The van der Waals surface area contributed by atoms with Crippen LogP contribution >= 0.6 is 0 Å². The minimum Gasteiger partial charge on any atom is -0.508 e. The van der Waals surface area contributed by atoms with Gasteiger partial charge in [-0.25, -0.2) is 0 Å². The van der Waals surface area contributed by atoms with Crippen molar-refractivity contribution in [2.24, 2.45) is 0 Å². The third-order valence-electron chi connectivity index (χ3n) is 3.60. The lowest BCUT2D eigenvalue weighted by atomic mass is 10.00. The predicted molar refractivity (Wildman–Crippen MR) is 66.6 cm³/mol. The molecule has 1 atom stereocenters. The van der Waals surface area contributed by atoms with Crippen LogP contribution in [0.4, 0.5) is 5.69 Å². The zero-order valence-electron chi connectivity index (χ0n) is 10.1. The third kappa shape index (κ3) is 1.95. The van der Waals surface area contributed by atoms with Crippen LogP contribution in [0.1, 0.15) is 6.42 Å². The Bertz CT molecular complexity index is 469. The van der Waals surface area contributed by atoms with Crippen molar-refractivity contribution in [2.45, 2.75) is 12.0 Å². The molecular formula is C13H16N2O3. The van der Waals surface area contributed by atoms with Gasteiger partial charge in [0.05, 0.1) is 6.54 Å². The Balaban J connectivity index is 1.87. The van der Waals surface area contributed by atoms with Crippen LogP contribution in [0.15, 0.2) is 24.3 Å². The molecule has 0 bridgehead atoms. The second kappa shape index (κ2) is 4.26. The second-order valence-electron chi connectivity index (χ2n) is 4.90. The van der Waals surface area contributed by atoms with Crippen LogP contribution in [0, 0.1) is 0 Å². The Labute approximate surface area is 105 Å². The number of ether oxygens (including phenoxy) is 1. The third-order valence-corrected chi connectivity index (χ3v) is 3.60. The number of phenolic OH excluding ortho intramolecular Hbond substituents is 1. The highest BCUT2D eigenvalue weighted by Gasteiger charge is 2.42. The molecule has 5 nitrogen and oxygen atoms in total. The molecule has 2 aliphatic rings. The molecule has 1 unspecified atom stereocenters. The molecule has 96 valence electrons. The van der Waals surface area contributed by atoms with Gasteiger partial charge in [0, 0.05) is 18.3 Å². The lowest BCUT2D eigenvalue weighted by Crippen LogP contribution is -2.55. The van der Waals surface area contributed by atoms with Gasteiger partial charge in [0.25, 0.3) is 5.91 Å². The highest BCUT2D eigenvalue weighted by Crippen LogP contribution is 2.29. The molecule has 0 radical (unpaired) electrons. The molecule has 1 aromatic carbocycles. The minimum absolute atomic E-state index is 0.0573. The largest absolute Gasteiger partial charge is 0.508 e. The van der Waals surface area contributed by atoms with Crippen LogP contribution in [0.5, 0.6) is 5.75 Å². The molecule has 2 saturated heterocycles. The number of nitrogens with one attached hydrogen (secondary N) is 1. The van der Waals surface area contributed by atoms with Crippen molar-refractivity contribution in [1.82, 2.24) is 5.32 Å². The topological polar surface area (TPSA) is 61.8 Å². The zero-order chi connectivity index (χ0) is 12.6. The monoisotopic (exact) mass is 248 g/mol. The second-order valence-corrected chi connectivity index (χ2v) is 4.90. The number of benzene rings is 1. The number of morpholine rings is 1. The van der Waals surface area contributed by atoms with Crippen molar-refractivity contribution >= 4 is 11.6 Å². The normalized spacial score (nSPS) is 28.0. The van der Waals surface area contributed by atoms with Gasteiger partial charge in [0.15, 0.2) is 0 Å². The number of nitrogens with zero attached hydrogens (tertiary/aromatic N) is 1. The van der Waals surface area contributed by atoms with Gasteiger partial charge >= 0.3 is 0 Å². The molecule has 0 aliphatic carbocycles. The number of phenols is 1. The van der Waals surface area contributed by atoms with Gasteiger partial charge in [-0.2, -0.15) is 0 Å². The van der Waals surface area contributed by atoms with E-state index in [2.05, 4.69) is 5.32 Å². The fraction of sp³-hybridized carbons (Fsp3) is 0.462. The van der Waals surface area contributed by atoms with E-state index in [1.807, 2.05) is 6.07 Å². The van der Waals surface area contributed by atoms with Gasteiger partial charge in [-0.05, 0) is 25.1 Å². The first-order chi connectivity index (χ1) is 8.69. The Hall–Kier alpha value is -1.59. The van der Waals surface area contributed by atoms with Gasteiger partial charge in [-0.1, -0.05) is 6.07 Å². The van der Waals surface area contributed by atoms with E-state index in [0.717, 1.165) is 25.2 Å². The Morgan fingerprint density at radius 1 is 1.44 bits per heavy atom. The molecule has 0 aromatic heterocycles. The fourth-order valence-corrected chi connectivity index (χ4v) is 2.59. The first-order valence-electron chi connectivity index (χ1n) is 6.13. The summed E-state index contributed by atoms with van der Waals surface area (Å²) < 4.78 is 5.70. The Kier molecular flexibility index (Phi) is 2.72. The molecule has 2 aliphatic heterocycles. The van der Waals surface area contributed by atoms with Crippen molar-refractivity contribution in [3.8, 4) is 5.75 Å². The molecule has 3 rings (SSSR count). The summed E-state index contributed by atoms with van der Waals surface area (Å²) in [6.45, 7) is 2.34. The fourth-order valence-electron chi connectivity index (χ4n) is 2.59. The summed E-state index contributed by atoms with van der Waals surface area (Å²) in [5.41, 5.74) is 0.467. The summed E-state index contributed by atoms with van der Waals surface area (Å²) in [5.74, 6) is 0.114. The quantitative estimate of drug-likeness (QED) is 0.759. The van der Waals surface area contributed by atoms with Crippen LogP contribution in [-0.4, -0.2) is 42.9 Å². The average Bonchev–Trinajstić information content (AvgIpc) is 2.81. The van der Waals surface area contributed by atoms with Gasteiger partial charge in [-0.15, -0.1) is 0 Å². The first kappa shape index (κ1) is 11.5. The minimum atomic E-state index is -0.265. The number of hydrogen-bond donors (Lipinski definition) is 2. The summed E-state index contributed by atoms with van der Waals surface area (Å²) in [6, 6.07) is 6.78. The van der Waals surface area contributed by atoms with E-state index in [1.54, 1.807) is 23.1 Å². The average molecular weight is 248 g/mol. The summed E-state index contributed by atoms with van der Waals surface area (Å²) >= 11 is 0. The predicted octanol–water partition coefficient (Wildman–Crippen LogP) is 0.487. The number of amides is 1. The Morgan fingerprint density at radius 3 is 3.06 bits per heavy atom. The Morgan fingerprint density at radius 2 is 2.33 bits per heavy atom. The summed E-state index contributed by atoms with van der Waals surface area (Å²) in [4.78, 5) is 13.6. The van der Waals surface area contributed by atoms with E-state index >= 15 is 0 Å². The number of anilines is 1. The molecule has 2 heterocycles. The SMILES string of the molecule is O=C1COC2(CCNC2)CN1c1cccc(O)c1. The lowest BCUT2D eigenvalue weighted by molar-refractivity contribution is -0.136. The van der Waals surface area contributed by atoms with Crippen molar-refractivity contribution in [3.05, 3.63) is 24.3 Å². The van der Waals surface area contributed by atoms with Crippen molar-refractivity contribution < 1.29 is 14.6 Å². The molecule has 1 aromatic rings. The molecule has 2 N–H and O–H groups in total. The van der Waals surface area contributed by atoms with E-state index in [4.69, 9.17) is 4.74 Å². The molecule has 1 amide bonds. The van der Waals surface area contributed by atoms with Crippen LogP contribution in [0.3, 0.4) is 0 Å². The van der Waals surface area contributed by atoms with Crippen molar-refractivity contribution in [3.63, 3.8) is 0 Å². The number of aromatic hydroxyl groups is 1. The number of carbonyl (C=O) groups is 1. The molecule has 1 spiro atoms. The maximum absolute atomic E-state index is 11.9. The van der Waals surface area contributed by atoms with Crippen LogP contribution < -0.4 is 10.2 Å². The number of rotatable bonds is 1. The standard InChI is InChI=1S/C13H16N2O3/c16-11-3-1-2-10(6-11)15-9-13(4-5-14-8-13)18-7-12(15)17/h1-3,6,14,16H,4-5,7-9H2. The van der Waals surface area contributed by atoms with E-state index in [9.17, 15) is 9.90 Å². The molecular weight excluding hydrogens is 232 g/mol. The van der Waals surface area contributed by atoms with Crippen LogP contribution in [0.25, 0.3) is 0 Å².